The van der Waals surface area contributed by atoms with Crippen molar-refractivity contribution in [3.63, 3.8) is 0 Å². The molecular formula is C20H23N3O6. The summed E-state index contributed by atoms with van der Waals surface area (Å²) in [5.74, 6) is -2.11. The minimum Gasteiger partial charge on any atom is -0.444 e. The van der Waals surface area contributed by atoms with Crippen LogP contribution < -0.4 is 5.32 Å². The van der Waals surface area contributed by atoms with E-state index in [1.807, 2.05) is 24.3 Å². The first-order valence-electron chi connectivity index (χ1n) is 9.26. The highest BCUT2D eigenvalue weighted by atomic mass is 16.7. The number of aromatic amines is 1. The smallest absolute Gasteiger partial charge is 0.408 e. The number of amides is 3. The number of hydrogen-bond donors (Lipinski definition) is 2. The average molecular weight is 401 g/mol. The lowest BCUT2D eigenvalue weighted by Crippen LogP contribution is -2.47. The summed E-state index contributed by atoms with van der Waals surface area (Å²) in [6.07, 6.45) is 0.974. The molecule has 1 aromatic carbocycles. The summed E-state index contributed by atoms with van der Waals surface area (Å²) < 4.78 is 5.22. The van der Waals surface area contributed by atoms with E-state index < -0.39 is 35.5 Å². The topological polar surface area (TPSA) is 118 Å². The molecular weight excluding hydrogens is 378 g/mol. The first kappa shape index (κ1) is 20.4. The molecule has 3 amide bonds. The number of para-hydroxylation sites is 1. The molecule has 0 radical (unpaired) electrons. The number of benzene rings is 1. The van der Waals surface area contributed by atoms with Gasteiger partial charge in [0.2, 0.25) is 0 Å². The molecule has 1 fully saturated rings. The van der Waals surface area contributed by atoms with E-state index in [1.165, 1.54) is 0 Å². The van der Waals surface area contributed by atoms with Gasteiger partial charge in [-0.2, -0.15) is 0 Å². The van der Waals surface area contributed by atoms with Crippen LogP contribution in [0.4, 0.5) is 4.79 Å². The number of carbonyl (C=O) groups is 4. The molecule has 0 bridgehead atoms. The number of alkyl carbamates (subject to hydrolysis) is 1. The van der Waals surface area contributed by atoms with Crippen LogP contribution in [-0.2, 0) is 30.4 Å². The van der Waals surface area contributed by atoms with E-state index in [9.17, 15) is 19.2 Å². The molecule has 9 nitrogen and oxygen atoms in total. The Balaban J connectivity index is 1.80. The van der Waals surface area contributed by atoms with Crippen molar-refractivity contribution in [1.82, 2.24) is 15.4 Å². The van der Waals surface area contributed by atoms with Crippen molar-refractivity contribution in [3.05, 3.63) is 36.0 Å². The Morgan fingerprint density at radius 1 is 1.17 bits per heavy atom. The van der Waals surface area contributed by atoms with Crippen LogP contribution in [0.25, 0.3) is 10.9 Å². The fraction of sp³-hybridized carbons (Fsp3) is 0.400. The minimum absolute atomic E-state index is 0.0152. The molecule has 9 heteroatoms. The summed E-state index contributed by atoms with van der Waals surface area (Å²) in [7, 11) is 0. The molecule has 154 valence electrons. The molecule has 2 aromatic rings. The van der Waals surface area contributed by atoms with E-state index in [2.05, 4.69) is 10.3 Å². The predicted molar refractivity (Wildman–Crippen MR) is 102 cm³/mol. The van der Waals surface area contributed by atoms with Crippen molar-refractivity contribution in [1.29, 1.82) is 0 Å². The Bertz CT molecular complexity index is 943. The van der Waals surface area contributed by atoms with Crippen molar-refractivity contribution in [2.45, 2.75) is 51.7 Å². The lowest BCUT2D eigenvalue weighted by molar-refractivity contribution is -0.198. The van der Waals surface area contributed by atoms with Gasteiger partial charge in [-0.25, -0.2) is 9.59 Å². The van der Waals surface area contributed by atoms with Crippen molar-refractivity contribution < 1.29 is 28.8 Å². The van der Waals surface area contributed by atoms with Gasteiger partial charge >= 0.3 is 12.1 Å². The maximum absolute atomic E-state index is 12.7. The first-order chi connectivity index (χ1) is 13.6. The summed E-state index contributed by atoms with van der Waals surface area (Å²) in [6.45, 7) is 5.09. The SMILES string of the molecule is CC(C)(C)OC(=O)N[C@H](Cc1c[nH]c2ccccc12)C(=O)ON1C(=O)CCC1=O. The number of rotatable bonds is 5. The van der Waals surface area contributed by atoms with E-state index in [-0.39, 0.29) is 19.3 Å². The monoisotopic (exact) mass is 401 g/mol. The molecule has 2 N–H and O–H groups in total. The number of carbonyl (C=O) groups excluding carboxylic acids is 4. The number of aromatic nitrogens is 1. The zero-order valence-corrected chi connectivity index (χ0v) is 16.5. The molecule has 29 heavy (non-hydrogen) atoms. The highest BCUT2D eigenvalue weighted by Crippen LogP contribution is 2.20. The van der Waals surface area contributed by atoms with Crippen LogP contribution in [0.3, 0.4) is 0 Å². The van der Waals surface area contributed by atoms with Crippen LogP contribution in [0, 0.1) is 0 Å². The molecule has 0 aliphatic carbocycles. The number of imide groups is 1. The molecule has 0 unspecified atom stereocenters. The number of nitrogens with zero attached hydrogens (tertiary/aromatic N) is 1. The Kier molecular flexibility index (Phi) is 5.58. The summed E-state index contributed by atoms with van der Waals surface area (Å²) in [5, 5.41) is 3.82. The van der Waals surface area contributed by atoms with Crippen LogP contribution in [0.5, 0.6) is 0 Å². The van der Waals surface area contributed by atoms with Gasteiger partial charge in [-0.15, -0.1) is 5.06 Å². The second kappa shape index (κ2) is 7.94. The molecule has 0 spiro atoms. The van der Waals surface area contributed by atoms with Gasteiger partial charge in [0.15, 0.2) is 0 Å². The molecule has 1 atom stereocenters. The minimum atomic E-state index is -1.16. The quantitative estimate of drug-likeness (QED) is 0.742. The van der Waals surface area contributed by atoms with Gasteiger partial charge in [0.1, 0.15) is 11.6 Å². The van der Waals surface area contributed by atoms with Crippen LogP contribution >= 0.6 is 0 Å². The second-order valence-electron chi connectivity index (χ2n) is 7.75. The molecule has 1 aliphatic heterocycles. The highest BCUT2D eigenvalue weighted by Gasteiger charge is 2.36. The number of ether oxygens (including phenoxy) is 1. The van der Waals surface area contributed by atoms with Gasteiger partial charge in [-0.1, -0.05) is 18.2 Å². The van der Waals surface area contributed by atoms with Gasteiger partial charge in [-0.3, -0.25) is 9.59 Å². The average Bonchev–Trinajstić information content (AvgIpc) is 3.18. The largest absolute Gasteiger partial charge is 0.444 e. The van der Waals surface area contributed by atoms with Gasteiger partial charge in [0.05, 0.1) is 0 Å². The number of fused-ring (bicyclic) bond motifs is 1. The zero-order valence-electron chi connectivity index (χ0n) is 16.5. The summed E-state index contributed by atoms with van der Waals surface area (Å²) in [6, 6.07) is 6.33. The number of hydrogen-bond acceptors (Lipinski definition) is 6. The number of nitrogens with one attached hydrogen (secondary N) is 2. The lowest BCUT2D eigenvalue weighted by atomic mass is 10.1. The van der Waals surface area contributed by atoms with Crippen molar-refractivity contribution in [2.24, 2.45) is 0 Å². The fourth-order valence-electron chi connectivity index (χ4n) is 2.97. The predicted octanol–water partition coefficient (Wildman–Crippen LogP) is 2.21. The number of H-pyrrole nitrogens is 1. The van der Waals surface area contributed by atoms with Crippen LogP contribution in [0.1, 0.15) is 39.2 Å². The molecule has 2 heterocycles. The Hall–Kier alpha value is -3.36. The lowest BCUT2D eigenvalue weighted by Gasteiger charge is -2.23. The molecule has 0 saturated carbocycles. The van der Waals surface area contributed by atoms with Crippen LogP contribution in [0.2, 0.25) is 0 Å². The van der Waals surface area contributed by atoms with E-state index in [1.54, 1.807) is 27.0 Å². The van der Waals surface area contributed by atoms with Gasteiger partial charge in [0.25, 0.3) is 11.8 Å². The van der Waals surface area contributed by atoms with E-state index in [4.69, 9.17) is 9.57 Å². The molecule has 1 aromatic heterocycles. The normalized spacial score (nSPS) is 15.5. The standard InChI is InChI=1S/C20H23N3O6/c1-20(2,3)28-19(27)22-15(18(26)29-23-16(24)8-9-17(23)25)10-12-11-21-14-7-5-4-6-13(12)14/h4-7,11,15,21H,8-10H2,1-3H3,(H,22,27)/t15-/m1/s1. The van der Waals surface area contributed by atoms with E-state index >= 15 is 0 Å². The van der Waals surface area contributed by atoms with Crippen LogP contribution in [-0.4, -0.2) is 45.6 Å². The highest BCUT2D eigenvalue weighted by molar-refractivity contribution is 6.02. The van der Waals surface area contributed by atoms with Gasteiger partial charge < -0.3 is 19.9 Å². The van der Waals surface area contributed by atoms with Gasteiger partial charge in [-0.05, 0) is 32.4 Å². The summed E-state index contributed by atoms with van der Waals surface area (Å²) in [5.41, 5.74) is 0.870. The maximum atomic E-state index is 12.7. The van der Waals surface area contributed by atoms with E-state index in [0.29, 0.717) is 5.06 Å². The summed E-state index contributed by atoms with van der Waals surface area (Å²) >= 11 is 0. The van der Waals surface area contributed by atoms with Gasteiger partial charge in [0, 0.05) is 36.4 Å². The first-order valence-corrected chi connectivity index (χ1v) is 9.26. The third kappa shape index (κ3) is 4.92. The zero-order chi connectivity index (χ0) is 21.2. The van der Waals surface area contributed by atoms with Crippen molar-refractivity contribution in [3.8, 4) is 0 Å². The molecule has 3 rings (SSSR count). The Labute approximate surface area is 167 Å². The third-order valence-electron chi connectivity index (χ3n) is 4.26. The second-order valence-corrected chi connectivity index (χ2v) is 7.75. The van der Waals surface area contributed by atoms with E-state index in [0.717, 1.165) is 16.5 Å². The Morgan fingerprint density at radius 3 is 2.48 bits per heavy atom. The van der Waals surface area contributed by atoms with Crippen LogP contribution in [0.15, 0.2) is 30.5 Å². The number of hydroxylamine groups is 2. The summed E-state index contributed by atoms with van der Waals surface area (Å²) in [4.78, 5) is 56.6. The molecule has 1 saturated heterocycles. The van der Waals surface area contributed by atoms with Crippen molar-refractivity contribution in [2.75, 3.05) is 0 Å². The van der Waals surface area contributed by atoms with Crippen molar-refractivity contribution >= 4 is 34.8 Å². The third-order valence-corrected chi connectivity index (χ3v) is 4.26. The fourth-order valence-corrected chi connectivity index (χ4v) is 2.97. The molecule has 1 aliphatic rings. The maximum Gasteiger partial charge on any atom is 0.408 e. The Morgan fingerprint density at radius 2 is 1.83 bits per heavy atom.